The van der Waals surface area contributed by atoms with Gasteiger partial charge in [-0.25, -0.2) is 8.78 Å². The molecule has 0 aliphatic carbocycles. The smallest absolute Gasteiger partial charge is 0.410 e. The Kier molecular flexibility index (Phi) is 12.7. The van der Waals surface area contributed by atoms with Crippen LogP contribution >= 0.6 is 0 Å². The van der Waals surface area contributed by atoms with E-state index >= 15 is 8.78 Å². The molecular formula is C16H23F23O8Si8. The van der Waals surface area contributed by atoms with Crippen molar-refractivity contribution in [2.45, 2.75) is 98.0 Å². The first-order valence-corrected chi connectivity index (χ1v) is 32.1. The van der Waals surface area contributed by atoms with Crippen LogP contribution in [-0.4, -0.2) is 115 Å². The van der Waals surface area contributed by atoms with Crippen molar-refractivity contribution in [3.63, 3.8) is 0 Å². The van der Waals surface area contributed by atoms with Crippen LogP contribution in [0.1, 0.15) is 0 Å². The highest BCUT2D eigenvalue weighted by molar-refractivity contribution is 6.98. The number of rotatable bonds is 3. The maximum atomic E-state index is 16.5. The Morgan fingerprint density at radius 2 is 0.545 bits per heavy atom. The standard InChI is InChI=1S/C16H23F23O8Si8/c1-48(2)40-50(4,10(19,20)21)44-54(14(31,32)33,45-51(5,41-48)11(22,23)24)8-9(17,18)49(3)42-52(6,12(25,26)27)46-55(15(34,35)36,16(37,38)39)47-53(7,43-49)13(28,29)30/h8H2,1-7H3. The molecule has 55 heavy (non-hydrogen) atoms. The topological polar surface area (TPSA) is 73.8 Å². The second-order valence-corrected chi connectivity index (χ2v) is 39.3. The van der Waals surface area contributed by atoms with Crippen LogP contribution in [0.5, 0.6) is 0 Å². The third-order valence-corrected chi connectivity index (χ3v) is 41.1. The molecule has 0 N–H and O–H groups in total. The van der Waals surface area contributed by atoms with Gasteiger partial charge in [-0.15, -0.1) is 0 Å². The summed E-state index contributed by atoms with van der Waals surface area (Å²) in [6.45, 7) is -2.78. The van der Waals surface area contributed by atoms with Crippen LogP contribution in [0.2, 0.25) is 51.9 Å². The molecule has 2 rings (SSSR count). The number of alkyl halides is 23. The molecule has 0 saturated carbocycles. The molecule has 4 atom stereocenters. The van der Waals surface area contributed by atoms with Crippen molar-refractivity contribution in [3.8, 4) is 0 Å². The van der Waals surface area contributed by atoms with Crippen molar-refractivity contribution >= 4 is 68.5 Å². The van der Waals surface area contributed by atoms with E-state index in [9.17, 15) is 92.2 Å². The Balaban J connectivity index is 3.17. The van der Waals surface area contributed by atoms with Gasteiger partial charge in [0, 0.05) is 0 Å². The summed E-state index contributed by atoms with van der Waals surface area (Å²) in [5.74, 6) is -48.3. The summed E-state index contributed by atoms with van der Waals surface area (Å²) in [7, 11) is -60.9. The van der Waals surface area contributed by atoms with Crippen molar-refractivity contribution in [2.24, 2.45) is 0 Å². The van der Waals surface area contributed by atoms with Crippen LogP contribution in [0.3, 0.4) is 0 Å². The zero-order valence-electron chi connectivity index (χ0n) is 27.7. The summed E-state index contributed by atoms with van der Waals surface area (Å²) in [4.78, 5) is 0. The molecule has 0 spiro atoms. The van der Waals surface area contributed by atoms with E-state index in [2.05, 4.69) is 32.9 Å². The Morgan fingerprint density at radius 1 is 0.291 bits per heavy atom. The second kappa shape index (κ2) is 13.7. The quantitative estimate of drug-likeness (QED) is 0.205. The van der Waals surface area contributed by atoms with Crippen LogP contribution in [0, 0.1) is 0 Å². The number of halogens is 23. The van der Waals surface area contributed by atoms with Gasteiger partial charge in [0.2, 0.25) is 0 Å². The Morgan fingerprint density at radius 3 is 0.764 bits per heavy atom. The predicted molar refractivity (Wildman–Crippen MR) is 148 cm³/mol. The van der Waals surface area contributed by atoms with Gasteiger partial charge in [0.25, 0.3) is 5.55 Å². The van der Waals surface area contributed by atoms with E-state index in [0.717, 1.165) is 0 Å². The highest BCUT2D eigenvalue weighted by Crippen LogP contribution is 2.56. The zero-order chi connectivity index (χ0) is 44.4. The summed E-state index contributed by atoms with van der Waals surface area (Å²) in [6.07, 6.45) is 0. The first kappa shape index (κ1) is 50.9. The van der Waals surface area contributed by atoms with Crippen molar-refractivity contribution in [3.05, 3.63) is 0 Å². The molecule has 2 aliphatic rings. The molecule has 2 fully saturated rings. The monoisotopic (exact) mass is 1000 g/mol. The lowest BCUT2D eigenvalue weighted by Gasteiger charge is -2.53. The van der Waals surface area contributed by atoms with Crippen LogP contribution in [-0.2, 0) is 32.9 Å². The van der Waals surface area contributed by atoms with E-state index < -0.39 is 153 Å². The largest absolute Gasteiger partial charge is 0.557 e. The van der Waals surface area contributed by atoms with Crippen LogP contribution in [0.25, 0.3) is 0 Å². The summed E-state index contributed by atoms with van der Waals surface area (Å²) < 4.78 is 366. The fraction of sp³-hybridized carbons (Fsp3) is 1.00. The van der Waals surface area contributed by atoms with Crippen LogP contribution < -0.4 is 0 Å². The van der Waals surface area contributed by atoms with Crippen molar-refractivity contribution < 1.29 is 134 Å². The fourth-order valence-corrected chi connectivity index (χ4v) is 43.3. The Bertz CT molecular complexity index is 1350. The molecule has 0 radical (unpaired) electrons. The van der Waals surface area contributed by atoms with E-state index in [1.54, 1.807) is 0 Å². The molecule has 0 amide bonds. The van der Waals surface area contributed by atoms with E-state index in [-0.39, 0.29) is 0 Å². The molecule has 328 valence electrons. The maximum absolute atomic E-state index is 16.5. The molecule has 2 aliphatic heterocycles. The lowest BCUT2D eigenvalue weighted by molar-refractivity contribution is -0.169. The van der Waals surface area contributed by atoms with Gasteiger partial charge in [-0.2, -0.15) is 92.2 Å². The Labute approximate surface area is 300 Å². The first-order valence-electron chi connectivity index (χ1n) is 13.8. The number of hydrogen-bond acceptors (Lipinski definition) is 8. The van der Waals surface area contributed by atoms with Crippen molar-refractivity contribution in [1.82, 2.24) is 0 Å². The van der Waals surface area contributed by atoms with Gasteiger partial charge in [-0.1, -0.05) is 0 Å². The molecular weight excluding hydrogens is 982 g/mol. The minimum Gasteiger partial charge on any atom is -0.410 e. The third kappa shape index (κ3) is 9.12. The average molecular weight is 1000 g/mol. The second-order valence-electron chi connectivity index (χ2n) is 12.7. The highest BCUT2D eigenvalue weighted by Gasteiger charge is 2.90. The SMILES string of the molecule is C[Si]1(C)O[Si](C)(C(F)(F)F)O[Si](CC(F)(F)[Si]2(C)O[Si](C)(C(F)(F)F)O[Si](C(F)(F)F)(C(F)(F)F)O[Si](C)(C(F)(F)F)O2)(C(F)(F)F)O[Si](C)(C(F)(F)F)O1. The molecule has 8 nitrogen and oxygen atoms in total. The van der Waals surface area contributed by atoms with Gasteiger partial charge in [0.05, 0.1) is 6.04 Å². The predicted octanol–water partition coefficient (Wildman–Crippen LogP) is 8.98. The third-order valence-electron chi connectivity index (χ3n) is 7.41. The summed E-state index contributed by atoms with van der Waals surface area (Å²) in [6, 6.07) is -3.98. The lowest BCUT2D eigenvalue weighted by Crippen LogP contribution is -2.84. The van der Waals surface area contributed by atoms with Gasteiger partial charge in [-0.3, -0.25) is 0 Å². The van der Waals surface area contributed by atoms with Crippen molar-refractivity contribution in [2.75, 3.05) is 0 Å². The minimum atomic E-state index is -9.25. The van der Waals surface area contributed by atoms with Gasteiger partial charge in [0.1, 0.15) is 0 Å². The molecule has 2 heterocycles. The van der Waals surface area contributed by atoms with E-state index in [4.69, 9.17) is 0 Å². The fourth-order valence-electron chi connectivity index (χ4n) is 4.77. The van der Waals surface area contributed by atoms with Crippen molar-refractivity contribution in [1.29, 1.82) is 0 Å². The molecule has 0 bridgehead atoms. The van der Waals surface area contributed by atoms with Gasteiger partial charge in [-0.05, 0) is 45.8 Å². The van der Waals surface area contributed by atoms with E-state index in [1.165, 1.54) is 0 Å². The van der Waals surface area contributed by atoms with E-state index in [1.807, 2.05) is 0 Å². The minimum absolute atomic E-state index is 0.380. The maximum Gasteiger partial charge on any atom is 0.557 e. The lowest BCUT2D eigenvalue weighted by atomic mass is 10.8. The zero-order valence-corrected chi connectivity index (χ0v) is 35.7. The Hall–Kier alpha value is -0.195. The number of hydrogen-bond donors (Lipinski definition) is 0. The summed E-state index contributed by atoms with van der Waals surface area (Å²) in [5, 5.41) is 0. The molecule has 0 aromatic carbocycles. The van der Waals surface area contributed by atoms with Gasteiger partial charge in [0.15, 0.2) is 0 Å². The van der Waals surface area contributed by atoms with Crippen LogP contribution in [0.15, 0.2) is 0 Å². The average Bonchev–Trinajstić information content (AvgIpc) is 2.80. The molecule has 39 heteroatoms. The summed E-state index contributed by atoms with van der Waals surface area (Å²) in [5.41, 5.74) is -6.54. The summed E-state index contributed by atoms with van der Waals surface area (Å²) >= 11 is 0. The van der Waals surface area contributed by atoms with Crippen LogP contribution in [0.4, 0.5) is 101 Å². The first-order chi connectivity index (χ1) is 23.4. The van der Waals surface area contributed by atoms with Gasteiger partial charge < -0.3 is 32.9 Å². The molecule has 0 aromatic rings. The highest BCUT2D eigenvalue weighted by atomic mass is 28.5. The molecule has 2 saturated heterocycles. The normalized spacial score (nSPS) is 36.8. The molecule has 0 aromatic heterocycles. The molecule has 4 unspecified atom stereocenters. The van der Waals surface area contributed by atoms with Gasteiger partial charge >= 0.3 is 109 Å². The van der Waals surface area contributed by atoms with E-state index in [0.29, 0.717) is 13.1 Å².